The lowest BCUT2D eigenvalue weighted by molar-refractivity contribution is -0.146. The largest absolute Gasteiger partial charge is 0.496 e. The van der Waals surface area contributed by atoms with Gasteiger partial charge in [0.05, 0.1) is 31.8 Å². The Morgan fingerprint density at radius 3 is 2.72 bits per heavy atom. The van der Waals surface area contributed by atoms with Gasteiger partial charge >= 0.3 is 0 Å². The van der Waals surface area contributed by atoms with E-state index >= 15 is 0 Å². The predicted octanol–water partition coefficient (Wildman–Crippen LogP) is 3.02. The van der Waals surface area contributed by atoms with Crippen LogP contribution in [0.3, 0.4) is 0 Å². The number of rotatable bonds is 5. The highest BCUT2D eigenvalue weighted by atomic mass is 16.5. The van der Waals surface area contributed by atoms with E-state index in [-0.39, 0.29) is 24.0 Å². The van der Waals surface area contributed by atoms with E-state index in [0.29, 0.717) is 6.61 Å². The average Bonchev–Trinajstić information content (AvgIpc) is 2.67. The molecule has 3 rings (SSSR count). The molecule has 5 heteroatoms. The number of methoxy groups -OCH3 is 1. The summed E-state index contributed by atoms with van der Waals surface area (Å²) >= 11 is 0. The van der Waals surface area contributed by atoms with Gasteiger partial charge in [-0.2, -0.15) is 0 Å². The number of para-hydroxylation sites is 1. The van der Waals surface area contributed by atoms with Crippen molar-refractivity contribution in [2.24, 2.45) is 5.92 Å². The molecule has 2 unspecified atom stereocenters. The monoisotopic (exact) mass is 347 g/mol. The van der Waals surface area contributed by atoms with Crippen LogP contribution in [-0.2, 0) is 20.9 Å². The van der Waals surface area contributed by atoms with E-state index in [1.807, 2.05) is 36.1 Å². The molecule has 2 heterocycles. The van der Waals surface area contributed by atoms with E-state index in [2.05, 4.69) is 0 Å². The summed E-state index contributed by atoms with van der Waals surface area (Å²) in [6.45, 7) is 4.90. The quantitative estimate of drug-likeness (QED) is 0.821. The lowest BCUT2D eigenvalue weighted by atomic mass is 9.93. The van der Waals surface area contributed by atoms with Crippen molar-refractivity contribution in [1.29, 1.82) is 0 Å². The third-order valence-corrected chi connectivity index (χ3v) is 5.34. The summed E-state index contributed by atoms with van der Waals surface area (Å²) in [5.74, 6) is 1.15. The number of piperidine rings is 1. The zero-order valence-electron chi connectivity index (χ0n) is 15.3. The minimum atomic E-state index is 0.0276. The zero-order chi connectivity index (χ0) is 17.6. The molecule has 138 valence electrons. The Balaban J connectivity index is 1.46. The normalized spacial score (nSPS) is 25.0. The minimum Gasteiger partial charge on any atom is -0.496 e. The molecule has 25 heavy (non-hydrogen) atoms. The third kappa shape index (κ3) is 4.53. The van der Waals surface area contributed by atoms with Crippen LogP contribution in [0.2, 0.25) is 0 Å². The van der Waals surface area contributed by atoms with Crippen LogP contribution < -0.4 is 4.74 Å². The maximum absolute atomic E-state index is 12.7. The standard InChI is InChI=1S/C20H29NO4/c1-15-18(7-5-13-24-15)20(22)21-11-9-17(10-12-21)25-14-16-6-3-4-8-19(16)23-2/h3-4,6,8,15,17-18H,5,7,9-14H2,1-2H3. The summed E-state index contributed by atoms with van der Waals surface area (Å²) in [6, 6.07) is 7.94. The Morgan fingerprint density at radius 1 is 1.24 bits per heavy atom. The van der Waals surface area contributed by atoms with Crippen molar-refractivity contribution in [2.45, 2.75) is 51.4 Å². The molecule has 0 radical (unpaired) electrons. The van der Waals surface area contributed by atoms with Gasteiger partial charge < -0.3 is 19.1 Å². The number of likely N-dealkylation sites (tertiary alicyclic amines) is 1. The van der Waals surface area contributed by atoms with Gasteiger partial charge in [-0.05, 0) is 38.7 Å². The van der Waals surface area contributed by atoms with Gasteiger partial charge in [0.15, 0.2) is 0 Å². The number of carbonyl (C=O) groups excluding carboxylic acids is 1. The van der Waals surface area contributed by atoms with Crippen LogP contribution in [0.1, 0.15) is 38.2 Å². The molecule has 0 saturated carbocycles. The molecule has 1 aromatic carbocycles. The number of nitrogens with zero attached hydrogens (tertiary/aromatic N) is 1. The molecule has 2 aliphatic rings. The number of ether oxygens (including phenoxy) is 3. The van der Waals surface area contributed by atoms with Gasteiger partial charge in [0.1, 0.15) is 5.75 Å². The van der Waals surface area contributed by atoms with E-state index in [1.54, 1.807) is 7.11 Å². The lowest BCUT2D eigenvalue weighted by Gasteiger charge is -2.37. The molecule has 0 spiro atoms. The second-order valence-corrected chi connectivity index (χ2v) is 6.97. The molecule has 0 bridgehead atoms. The van der Waals surface area contributed by atoms with Gasteiger partial charge in [0, 0.05) is 25.3 Å². The van der Waals surface area contributed by atoms with Gasteiger partial charge in [-0.15, -0.1) is 0 Å². The zero-order valence-corrected chi connectivity index (χ0v) is 15.3. The van der Waals surface area contributed by atoms with Crippen LogP contribution in [0.25, 0.3) is 0 Å². The summed E-state index contributed by atoms with van der Waals surface area (Å²) in [7, 11) is 1.68. The number of hydrogen-bond donors (Lipinski definition) is 0. The van der Waals surface area contributed by atoms with Crippen LogP contribution in [0, 0.1) is 5.92 Å². The second-order valence-electron chi connectivity index (χ2n) is 6.97. The highest BCUT2D eigenvalue weighted by Crippen LogP contribution is 2.26. The molecular weight excluding hydrogens is 318 g/mol. The maximum Gasteiger partial charge on any atom is 0.228 e. The molecule has 2 fully saturated rings. The van der Waals surface area contributed by atoms with E-state index in [4.69, 9.17) is 14.2 Å². The number of amides is 1. The first-order chi connectivity index (χ1) is 12.2. The van der Waals surface area contributed by atoms with Crippen LogP contribution in [0.4, 0.5) is 0 Å². The molecule has 2 saturated heterocycles. The summed E-state index contributed by atoms with van der Waals surface area (Å²) in [5.41, 5.74) is 1.07. The molecule has 1 aromatic rings. The molecule has 1 amide bonds. The molecular formula is C20H29NO4. The van der Waals surface area contributed by atoms with Gasteiger partial charge in [0.25, 0.3) is 0 Å². The highest BCUT2D eigenvalue weighted by Gasteiger charge is 2.33. The number of carbonyl (C=O) groups is 1. The first-order valence-corrected chi connectivity index (χ1v) is 9.33. The molecule has 0 aromatic heterocycles. The fourth-order valence-corrected chi connectivity index (χ4v) is 3.75. The van der Waals surface area contributed by atoms with Gasteiger partial charge in [-0.25, -0.2) is 0 Å². The van der Waals surface area contributed by atoms with Crippen LogP contribution in [0.15, 0.2) is 24.3 Å². The van der Waals surface area contributed by atoms with Crippen molar-refractivity contribution in [3.63, 3.8) is 0 Å². The van der Waals surface area contributed by atoms with Crippen LogP contribution >= 0.6 is 0 Å². The smallest absolute Gasteiger partial charge is 0.228 e. The van der Waals surface area contributed by atoms with Gasteiger partial charge in [-0.3, -0.25) is 4.79 Å². The summed E-state index contributed by atoms with van der Waals surface area (Å²) in [5, 5.41) is 0. The van der Waals surface area contributed by atoms with E-state index < -0.39 is 0 Å². The molecule has 2 atom stereocenters. The Labute approximate surface area is 150 Å². The van der Waals surface area contributed by atoms with Crippen molar-refractivity contribution in [3.05, 3.63) is 29.8 Å². The van der Waals surface area contributed by atoms with Gasteiger partial charge in [-0.1, -0.05) is 18.2 Å². The Bertz CT molecular complexity index is 569. The Kier molecular flexibility index (Phi) is 6.32. The molecule has 2 aliphatic heterocycles. The van der Waals surface area contributed by atoms with Gasteiger partial charge in [0.2, 0.25) is 5.91 Å². The van der Waals surface area contributed by atoms with Crippen molar-refractivity contribution >= 4 is 5.91 Å². The fourth-order valence-electron chi connectivity index (χ4n) is 3.75. The first kappa shape index (κ1) is 18.2. The maximum atomic E-state index is 12.7. The average molecular weight is 347 g/mol. The van der Waals surface area contributed by atoms with Crippen molar-refractivity contribution in [3.8, 4) is 5.75 Å². The predicted molar refractivity (Wildman–Crippen MR) is 95.5 cm³/mol. The number of hydrogen-bond acceptors (Lipinski definition) is 4. The SMILES string of the molecule is COc1ccccc1COC1CCN(C(=O)C2CCCOC2C)CC1. The van der Waals surface area contributed by atoms with Crippen molar-refractivity contribution < 1.29 is 19.0 Å². The summed E-state index contributed by atoms with van der Waals surface area (Å²) < 4.78 is 17.1. The lowest BCUT2D eigenvalue weighted by Crippen LogP contribution is -2.47. The van der Waals surface area contributed by atoms with Crippen molar-refractivity contribution in [1.82, 2.24) is 4.90 Å². The highest BCUT2D eigenvalue weighted by molar-refractivity contribution is 5.79. The fraction of sp³-hybridized carbons (Fsp3) is 0.650. The molecule has 5 nitrogen and oxygen atoms in total. The topological polar surface area (TPSA) is 48.0 Å². The second kappa shape index (κ2) is 8.68. The third-order valence-electron chi connectivity index (χ3n) is 5.34. The van der Waals surface area contributed by atoms with Crippen molar-refractivity contribution in [2.75, 3.05) is 26.8 Å². The minimum absolute atomic E-state index is 0.0276. The van der Waals surface area contributed by atoms with E-state index in [9.17, 15) is 4.79 Å². The van der Waals surface area contributed by atoms with Crippen LogP contribution in [0.5, 0.6) is 5.75 Å². The Morgan fingerprint density at radius 2 is 2.00 bits per heavy atom. The number of benzene rings is 1. The summed E-state index contributed by atoms with van der Waals surface area (Å²) in [6.07, 6.45) is 3.96. The van der Waals surface area contributed by atoms with Crippen LogP contribution in [-0.4, -0.2) is 49.8 Å². The summed E-state index contributed by atoms with van der Waals surface area (Å²) in [4.78, 5) is 14.7. The van der Waals surface area contributed by atoms with E-state index in [1.165, 1.54) is 0 Å². The first-order valence-electron chi connectivity index (χ1n) is 9.33. The molecule has 0 aliphatic carbocycles. The molecule has 0 N–H and O–H groups in total. The Hall–Kier alpha value is -1.59. The van der Waals surface area contributed by atoms with E-state index in [0.717, 1.165) is 56.7 Å².